The predicted octanol–water partition coefficient (Wildman–Crippen LogP) is 2.22. The summed E-state index contributed by atoms with van der Waals surface area (Å²) in [7, 11) is 0. The third-order valence-electron chi connectivity index (χ3n) is 3.13. The molecule has 0 fully saturated rings. The molecular weight excluding hydrogens is 271 g/mol. The summed E-state index contributed by atoms with van der Waals surface area (Å²) in [6.45, 7) is 5.84. The average molecular weight is 292 g/mol. The Morgan fingerprint density at radius 1 is 1.57 bits per heavy atom. The van der Waals surface area contributed by atoms with Crippen LogP contribution < -0.4 is 11.1 Å². The lowest BCUT2D eigenvalue weighted by Gasteiger charge is -2.21. The van der Waals surface area contributed by atoms with Crippen molar-refractivity contribution >= 4 is 17.3 Å². The zero-order chi connectivity index (χ0) is 15.8. The molecule has 21 heavy (non-hydrogen) atoms. The number of halogens is 1. The van der Waals surface area contributed by atoms with Gasteiger partial charge in [0.15, 0.2) is 0 Å². The zero-order valence-corrected chi connectivity index (χ0v) is 12.4. The van der Waals surface area contributed by atoms with Gasteiger partial charge in [-0.05, 0) is 31.7 Å². The van der Waals surface area contributed by atoms with Gasteiger partial charge < -0.3 is 16.0 Å². The largest absolute Gasteiger partial charge is 0.396 e. The van der Waals surface area contributed by atoms with Crippen LogP contribution in [0.15, 0.2) is 18.2 Å². The summed E-state index contributed by atoms with van der Waals surface area (Å²) in [6, 6.07) is 6.26. The zero-order valence-electron chi connectivity index (χ0n) is 12.4. The van der Waals surface area contributed by atoms with Gasteiger partial charge in [-0.15, -0.1) is 0 Å². The number of nitrogen functional groups attached to an aromatic ring is 1. The lowest BCUT2D eigenvalue weighted by Crippen LogP contribution is -2.31. The van der Waals surface area contributed by atoms with Crippen molar-refractivity contribution in [3.05, 3.63) is 24.0 Å². The van der Waals surface area contributed by atoms with Gasteiger partial charge in [-0.2, -0.15) is 5.26 Å². The van der Waals surface area contributed by atoms with Crippen molar-refractivity contribution in [2.45, 2.75) is 20.3 Å². The summed E-state index contributed by atoms with van der Waals surface area (Å²) < 4.78 is 13.0. The van der Waals surface area contributed by atoms with Crippen molar-refractivity contribution in [1.82, 2.24) is 4.90 Å². The highest BCUT2D eigenvalue weighted by Crippen LogP contribution is 2.16. The number of rotatable bonds is 7. The van der Waals surface area contributed by atoms with Crippen molar-refractivity contribution in [3.8, 4) is 6.07 Å². The minimum absolute atomic E-state index is 0.00540. The lowest BCUT2D eigenvalue weighted by atomic mass is 10.2. The number of benzene rings is 1. The van der Waals surface area contributed by atoms with E-state index in [9.17, 15) is 9.18 Å². The van der Waals surface area contributed by atoms with Gasteiger partial charge in [0.1, 0.15) is 5.82 Å². The summed E-state index contributed by atoms with van der Waals surface area (Å²) in [4.78, 5) is 13.9. The second kappa shape index (κ2) is 8.22. The van der Waals surface area contributed by atoms with Crippen LogP contribution >= 0.6 is 0 Å². The minimum atomic E-state index is -0.504. The van der Waals surface area contributed by atoms with Crippen LogP contribution in [0.1, 0.15) is 20.3 Å². The van der Waals surface area contributed by atoms with E-state index in [1.54, 1.807) is 0 Å². The maximum absolute atomic E-state index is 13.0. The van der Waals surface area contributed by atoms with Crippen LogP contribution in [0.25, 0.3) is 0 Å². The highest BCUT2D eigenvalue weighted by atomic mass is 19.1. The Morgan fingerprint density at radius 2 is 2.29 bits per heavy atom. The molecule has 1 rings (SSSR count). The number of hydrogen-bond donors (Lipinski definition) is 2. The molecule has 0 heterocycles. The predicted molar refractivity (Wildman–Crippen MR) is 81.0 cm³/mol. The summed E-state index contributed by atoms with van der Waals surface area (Å²) in [6.07, 6.45) is 0.309. The summed E-state index contributed by atoms with van der Waals surface area (Å²) in [5.41, 5.74) is 5.93. The molecule has 1 amide bonds. The Hall–Kier alpha value is -2.13. The van der Waals surface area contributed by atoms with Gasteiger partial charge in [-0.1, -0.05) is 6.92 Å². The SMILES string of the molecule is CCN(CCC(=O)Nc1ccc(F)c(N)c1)CC(C)C#N. The number of nitriles is 1. The number of nitrogens with two attached hydrogens (primary N) is 1. The molecule has 6 heteroatoms. The molecule has 1 atom stereocenters. The van der Waals surface area contributed by atoms with Gasteiger partial charge in [0.05, 0.1) is 17.7 Å². The van der Waals surface area contributed by atoms with Crippen molar-refractivity contribution in [3.63, 3.8) is 0 Å². The monoisotopic (exact) mass is 292 g/mol. The lowest BCUT2D eigenvalue weighted by molar-refractivity contribution is -0.116. The molecule has 1 aromatic carbocycles. The van der Waals surface area contributed by atoms with Crippen molar-refractivity contribution in [2.75, 3.05) is 30.7 Å². The van der Waals surface area contributed by atoms with E-state index < -0.39 is 5.82 Å². The molecule has 0 bridgehead atoms. The molecular formula is C15H21FN4O. The fourth-order valence-electron chi connectivity index (χ4n) is 1.91. The second-order valence-electron chi connectivity index (χ2n) is 4.96. The summed E-state index contributed by atoms with van der Waals surface area (Å²) in [5.74, 6) is -0.732. The van der Waals surface area contributed by atoms with E-state index in [4.69, 9.17) is 11.0 Å². The van der Waals surface area contributed by atoms with E-state index in [1.807, 2.05) is 18.7 Å². The molecule has 1 aromatic rings. The number of carbonyl (C=O) groups is 1. The Morgan fingerprint density at radius 3 is 2.86 bits per heavy atom. The Bertz CT molecular complexity index is 527. The van der Waals surface area contributed by atoms with Crippen LogP contribution in [0.3, 0.4) is 0 Å². The molecule has 3 N–H and O–H groups in total. The van der Waals surface area contributed by atoms with Crippen LogP contribution in [0.2, 0.25) is 0 Å². The molecule has 0 saturated heterocycles. The number of nitrogens with one attached hydrogen (secondary N) is 1. The summed E-state index contributed by atoms with van der Waals surface area (Å²) >= 11 is 0. The Kier molecular flexibility index (Phi) is 6.63. The van der Waals surface area contributed by atoms with E-state index in [1.165, 1.54) is 18.2 Å². The smallest absolute Gasteiger partial charge is 0.225 e. The fraction of sp³-hybridized carbons (Fsp3) is 0.467. The molecule has 0 aromatic heterocycles. The van der Waals surface area contributed by atoms with Crippen molar-refractivity contribution in [1.29, 1.82) is 5.26 Å². The first kappa shape index (κ1) is 16.9. The molecule has 5 nitrogen and oxygen atoms in total. The van der Waals surface area contributed by atoms with Gasteiger partial charge in [-0.25, -0.2) is 4.39 Å². The normalized spacial score (nSPS) is 12.0. The molecule has 0 radical (unpaired) electrons. The van der Waals surface area contributed by atoms with Gasteiger partial charge >= 0.3 is 0 Å². The summed E-state index contributed by atoms with van der Waals surface area (Å²) in [5, 5.41) is 11.5. The highest BCUT2D eigenvalue weighted by Gasteiger charge is 2.11. The first-order valence-electron chi connectivity index (χ1n) is 6.93. The third kappa shape index (κ3) is 5.79. The van der Waals surface area contributed by atoms with Crippen LogP contribution in [0.4, 0.5) is 15.8 Å². The Labute approximate surface area is 124 Å². The molecule has 1 unspecified atom stereocenters. The highest BCUT2D eigenvalue weighted by molar-refractivity contribution is 5.91. The van der Waals surface area contributed by atoms with Crippen molar-refractivity contribution < 1.29 is 9.18 Å². The van der Waals surface area contributed by atoms with Crippen LogP contribution in [0.5, 0.6) is 0 Å². The standard InChI is InChI=1S/C15H21FN4O/c1-3-20(10-11(2)9-17)7-6-15(21)19-12-4-5-13(16)14(18)8-12/h4-5,8,11H,3,6-7,10,18H2,1-2H3,(H,19,21). The van der Waals surface area contributed by atoms with Gasteiger partial charge in [0, 0.05) is 25.2 Å². The first-order chi connectivity index (χ1) is 9.96. The number of carbonyl (C=O) groups excluding carboxylic acids is 1. The fourth-order valence-corrected chi connectivity index (χ4v) is 1.91. The first-order valence-corrected chi connectivity index (χ1v) is 6.93. The maximum atomic E-state index is 13.0. The number of amides is 1. The number of hydrogen-bond acceptors (Lipinski definition) is 4. The molecule has 0 aliphatic heterocycles. The van der Waals surface area contributed by atoms with Gasteiger partial charge in [0.2, 0.25) is 5.91 Å². The quantitative estimate of drug-likeness (QED) is 0.755. The second-order valence-corrected chi connectivity index (χ2v) is 4.96. The molecule has 0 saturated carbocycles. The topological polar surface area (TPSA) is 82.2 Å². The number of anilines is 2. The van der Waals surface area contributed by atoms with E-state index in [2.05, 4.69) is 11.4 Å². The maximum Gasteiger partial charge on any atom is 0.225 e. The number of nitrogens with zero attached hydrogens (tertiary/aromatic N) is 2. The van der Waals surface area contributed by atoms with E-state index in [0.29, 0.717) is 25.2 Å². The Balaban J connectivity index is 2.46. The van der Waals surface area contributed by atoms with Crippen LogP contribution in [0, 0.1) is 23.1 Å². The molecule has 114 valence electrons. The van der Waals surface area contributed by atoms with E-state index in [-0.39, 0.29) is 17.5 Å². The molecule has 0 spiro atoms. The average Bonchev–Trinajstić information content (AvgIpc) is 2.47. The van der Waals surface area contributed by atoms with Gasteiger partial charge in [-0.3, -0.25) is 4.79 Å². The van der Waals surface area contributed by atoms with Crippen molar-refractivity contribution in [2.24, 2.45) is 5.92 Å². The third-order valence-corrected chi connectivity index (χ3v) is 3.13. The van der Waals surface area contributed by atoms with Gasteiger partial charge in [0.25, 0.3) is 0 Å². The van der Waals surface area contributed by atoms with Crippen LogP contribution in [-0.2, 0) is 4.79 Å². The molecule has 0 aliphatic carbocycles. The van der Waals surface area contributed by atoms with Crippen LogP contribution in [-0.4, -0.2) is 30.4 Å². The molecule has 0 aliphatic rings. The van der Waals surface area contributed by atoms with E-state index in [0.717, 1.165) is 6.54 Å². The van der Waals surface area contributed by atoms with E-state index >= 15 is 0 Å². The minimum Gasteiger partial charge on any atom is -0.396 e.